The highest BCUT2D eigenvalue weighted by Gasteiger charge is 2.19. The average molecular weight is 212 g/mol. The van der Waals surface area contributed by atoms with E-state index in [9.17, 15) is 10.2 Å². The highest BCUT2D eigenvalue weighted by atomic mass is 16.3. The van der Waals surface area contributed by atoms with Gasteiger partial charge in [-0.2, -0.15) is 0 Å². The van der Waals surface area contributed by atoms with Crippen molar-refractivity contribution in [3.63, 3.8) is 0 Å². The Morgan fingerprint density at radius 3 is 2.87 bits per heavy atom. The lowest BCUT2D eigenvalue weighted by Gasteiger charge is -2.16. The lowest BCUT2D eigenvalue weighted by atomic mass is 10.1. The third kappa shape index (κ3) is 3.43. The summed E-state index contributed by atoms with van der Waals surface area (Å²) in [7, 11) is 1.78. The number of hydrogen-bond acceptors (Lipinski definition) is 6. The van der Waals surface area contributed by atoms with E-state index in [1.165, 1.54) is 12.3 Å². The molecule has 84 valence electrons. The second-order valence-electron chi connectivity index (χ2n) is 3.24. The molecular weight excluding hydrogens is 196 g/mol. The number of anilines is 1. The van der Waals surface area contributed by atoms with Gasteiger partial charge in [0.2, 0.25) is 5.95 Å². The van der Waals surface area contributed by atoms with Gasteiger partial charge in [0.1, 0.15) is 6.10 Å². The van der Waals surface area contributed by atoms with E-state index in [1.54, 1.807) is 7.05 Å². The van der Waals surface area contributed by atoms with Gasteiger partial charge in [-0.25, -0.2) is 9.97 Å². The number of nitrogen functional groups attached to an aromatic ring is 1. The molecular formula is C9H16N4O2. The molecule has 0 saturated carbocycles. The van der Waals surface area contributed by atoms with Gasteiger partial charge in [-0.05, 0) is 26.1 Å². The number of aromatic nitrogens is 2. The molecule has 1 aromatic heterocycles. The van der Waals surface area contributed by atoms with Crippen LogP contribution >= 0.6 is 0 Å². The van der Waals surface area contributed by atoms with Crippen molar-refractivity contribution < 1.29 is 10.2 Å². The molecule has 0 aliphatic heterocycles. The fraction of sp³-hybridized carbons (Fsp3) is 0.556. The Bertz CT molecular complexity index is 308. The van der Waals surface area contributed by atoms with Crippen LogP contribution in [-0.2, 0) is 0 Å². The Hall–Kier alpha value is -1.24. The summed E-state index contributed by atoms with van der Waals surface area (Å²) in [5.41, 5.74) is 5.71. The lowest BCUT2D eigenvalue weighted by molar-refractivity contribution is 0.0115. The Labute approximate surface area is 88.2 Å². The highest BCUT2D eigenvalue weighted by Crippen LogP contribution is 2.16. The first kappa shape index (κ1) is 11.8. The zero-order valence-corrected chi connectivity index (χ0v) is 8.59. The van der Waals surface area contributed by atoms with E-state index in [0.717, 1.165) is 0 Å². The van der Waals surface area contributed by atoms with E-state index >= 15 is 0 Å². The molecule has 0 saturated heterocycles. The number of hydrogen-bond donors (Lipinski definition) is 4. The minimum atomic E-state index is -1.02. The van der Waals surface area contributed by atoms with Crippen molar-refractivity contribution in [2.75, 3.05) is 19.3 Å². The zero-order chi connectivity index (χ0) is 11.3. The van der Waals surface area contributed by atoms with Crippen LogP contribution in [0.1, 0.15) is 18.2 Å². The Balaban J connectivity index is 2.62. The number of aliphatic hydroxyl groups is 2. The van der Waals surface area contributed by atoms with Crippen molar-refractivity contribution in [1.82, 2.24) is 15.3 Å². The molecule has 5 N–H and O–H groups in total. The largest absolute Gasteiger partial charge is 0.390 e. The van der Waals surface area contributed by atoms with Crippen LogP contribution < -0.4 is 11.1 Å². The molecule has 0 aliphatic rings. The molecule has 6 nitrogen and oxygen atoms in total. The first-order valence-electron chi connectivity index (χ1n) is 4.74. The van der Waals surface area contributed by atoms with Gasteiger partial charge in [0.05, 0.1) is 11.8 Å². The minimum absolute atomic E-state index is 0.0902. The van der Waals surface area contributed by atoms with E-state index in [-0.39, 0.29) is 5.95 Å². The summed E-state index contributed by atoms with van der Waals surface area (Å²) >= 11 is 0. The van der Waals surface area contributed by atoms with Crippen LogP contribution in [-0.4, -0.2) is 39.9 Å². The molecule has 1 rings (SSSR count). The number of rotatable bonds is 5. The van der Waals surface area contributed by atoms with Crippen molar-refractivity contribution in [3.05, 3.63) is 18.0 Å². The highest BCUT2D eigenvalue weighted by molar-refractivity contribution is 5.19. The topological polar surface area (TPSA) is 104 Å². The van der Waals surface area contributed by atoms with Crippen LogP contribution in [0.2, 0.25) is 0 Å². The second kappa shape index (κ2) is 5.59. The number of aliphatic hydroxyl groups excluding tert-OH is 2. The predicted molar refractivity (Wildman–Crippen MR) is 56.0 cm³/mol. The summed E-state index contributed by atoms with van der Waals surface area (Å²) in [6.45, 7) is 0.624. The quantitative estimate of drug-likeness (QED) is 0.502. The standard InChI is InChI=1S/C9H16N4O2/c1-11-4-3-7(14)8(15)6-2-5-12-9(10)13-6/h2,5,7-8,11,14-15H,3-4H2,1H3,(H2,10,12,13). The van der Waals surface area contributed by atoms with Crippen molar-refractivity contribution in [3.8, 4) is 0 Å². The van der Waals surface area contributed by atoms with Gasteiger partial charge < -0.3 is 21.3 Å². The van der Waals surface area contributed by atoms with Gasteiger partial charge in [0, 0.05) is 6.20 Å². The summed E-state index contributed by atoms with van der Waals surface area (Å²) in [4.78, 5) is 7.54. The van der Waals surface area contributed by atoms with Crippen LogP contribution in [0.5, 0.6) is 0 Å². The van der Waals surface area contributed by atoms with Crippen LogP contribution in [0.3, 0.4) is 0 Å². The van der Waals surface area contributed by atoms with Gasteiger partial charge in [-0.3, -0.25) is 0 Å². The van der Waals surface area contributed by atoms with Crippen molar-refractivity contribution in [2.45, 2.75) is 18.6 Å². The molecule has 0 aromatic carbocycles. The maximum atomic E-state index is 9.72. The molecule has 1 heterocycles. The van der Waals surface area contributed by atoms with Crippen LogP contribution in [0.4, 0.5) is 5.95 Å². The van der Waals surface area contributed by atoms with Gasteiger partial charge in [-0.15, -0.1) is 0 Å². The SMILES string of the molecule is CNCCC(O)C(O)c1ccnc(N)n1. The van der Waals surface area contributed by atoms with Crippen LogP contribution in [0.25, 0.3) is 0 Å². The Morgan fingerprint density at radius 2 is 2.27 bits per heavy atom. The first-order chi connectivity index (χ1) is 7.15. The molecule has 0 bridgehead atoms. The molecule has 0 aliphatic carbocycles. The van der Waals surface area contributed by atoms with Crippen molar-refractivity contribution in [1.29, 1.82) is 0 Å². The minimum Gasteiger partial charge on any atom is -0.390 e. The summed E-state index contributed by atoms with van der Waals surface area (Å²) in [6, 6.07) is 1.53. The molecule has 1 aromatic rings. The summed E-state index contributed by atoms with van der Waals surface area (Å²) < 4.78 is 0. The maximum absolute atomic E-state index is 9.72. The maximum Gasteiger partial charge on any atom is 0.220 e. The van der Waals surface area contributed by atoms with Crippen molar-refractivity contribution >= 4 is 5.95 Å². The van der Waals surface area contributed by atoms with Gasteiger partial charge >= 0.3 is 0 Å². The fourth-order valence-corrected chi connectivity index (χ4v) is 1.20. The average Bonchev–Trinajstić information content (AvgIpc) is 2.24. The van der Waals surface area contributed by atoms with Crippen LogP contribution in [0.15, 0.2) is 12.3 Å². The Kier molecular flexibility index (Phi) is 4.41. The number of nitrogens with two attached hydrogens (primary N) is 1. The number of nitrogens with one attached hydrogen (secondary N) is 1. The molecule has 15 heavy (non-hydrogen) atoms. The van der Waals surface area contributed by atoms with Gasteiger partial charge in [-0.1, -0.05) is 0 Å². The lowest BCUT2D eigenvalue weighted by Crippen LogP contribution is -2.24. The third-order valence-corrected chi connectivity index (χ3v) is 2.05. The fourth-order valence-electron chi connectivity index (χ4n) is 1.20. The molecule has 0 radical (unpaired) electrons. The van der Waals surface area contributed by atoms with E-state index in [2.05, 4.69) is 15.3 Å². The summed E-state index contributed by atoms with van der Waals surface area (Å²) in [6.07, 6.45) is 0.0168. The summed E-state index contributed by atoms with van der Waals surface area (Å²) in [5.74, 6) is 0.0902. The second-order valence-corrected chi connectivity index (χ2v) is 3.24. The van der Waals surface area contributed by atoms with E-state index < -0.39 is 12.2 Å². The predicted octanol–water partition coefficient (Wildman–Crippen LogP) is -0.937. The molecule has 2 unspecified atom stereocenters. The van der Waals surface area contributed by atoms with E-state index in [0.29, 0.717) is 18.7 Å². The summed E-state index contributed by atoms with van der Waals surface area (Å²) in [5, 5.41) is 22.2. The molecule has 0 amide bonds. The molecule has 6 heteroatoms. The van der Waals surface area contributed by atoms with E-state index in [4.69, 9.17) is 5.73 Å². The van der Waals surface area contributed by atoms with Gasteiger partial charge in [0.25, 0.3) is 0 Å². The van der Waals surface area contributed by atoms with Crippen LogP contribution in [0, 0.1) is 0 Å². The number of nitrogens with zero attached hydrogens (tertiary/aromatic N) is 2. The zero-order valence-electron chi connectivity index (χ0n) is 8.59. The molecule has 0 fully saturated rings. The van der Waals surface area contributed by atoms with Crippen molar-refractivity contribution in [2.24, 2.45) is 0 Å². The smallest absolute Gasteiger partial charge is 0.220 e. The third-order valence-electron chi connectivity index (χ3n) is 2.05. The Morgan fingerprint density at radius 1 is 1.53 bits per heavy atom. The monoisotopic (exact) mass is 212 g/mol. The first-order valence-corrected chi connectivity index (χ1v) is 4.74. The van der Waals surface area contributed by atoms with Gasteiger partial charge in [0.15, 0.2) is 0 Å². The normalized spacial score (nSPS) is 14.9. The molecule has 0 spiro atoms. The van der Waals surface area contributed by atoms with E-state index in [1.807, 2.05) is 0 Å². The molecule has 2 atom stereocenters.